The van der Waals surface area contributed by atoms with Crippen molar-refractivity contribution in [3.63, 3.8) is 0 Å². The molecule has 0 aromatic carbocycles. The van der Waals surface area contributed by atoms with Gasteiger partial charge >= 0.3 is 5.97 Å². The summed E-state index contributed by atoms with van der Waals surface area (Å²) in [5, 5.41) is 27.4. The predicted octanol–water partition coefficient (Wildman–Crippen LogP) is 2.65. The molecule has 3 rings (SSSR count). The van der Waals surface area contributed by atoms with Crippen molar-refractivity contribution in [1.82, 2.24) is 15.0 Å². The number of nitrogens with zero attached hydrogens (tertiary/aromatic N) is 5. The summed E-state index contributed by atoms with van der Waals surface area (Å²) in [7, 11) is 0. The first kappa shape index (κ1) is 15.8. The van der Waals surface area contributed by atoms with Gasteiger partial charge in [0.1, 0.15) is 0 Å². The lowest BCUT2D eigenvalue weighted by atomic mass is 10.1. The number of rotatable bonds is 3. The molecule has 0 aliphatic carbocycles. The summed E-state index contributed by atoms with van der Waals surface area (Å²) in [5.41, 5.74) is 2.32. The summed E-state index contributed by atoms with van der Waals surface area (Å²) in [6, 6.07) is 13.0. The van der Waals surface area contributed by atoms with Crippen LogP contribution >= 0.6 is 0 Å². The second-order valence-corrected chi connectivity index (χ2v) is 5.01. The van der Waals surface area contributed by atoms with Crippen molar-refractivity contribution in [1.29, 1.82) is 10.5 Å². The van der Waals surface area contributed by atoms with Crippen molar-refractivity contribution >= 4 is 5.97 Å². The highest BCUT2D eigenvalue weighted by Gasteiger charge is 2.11. The van der Waals surface area contributed by atoms with E-state index in [0.29, 0.717) is 33.9 Å². The highest BCUT2D eigenvalue weighted by Crippen LogP contribution is 2.23. The Labute approximate surface area is 142 Å². The van der Waals surface area contributed by atoms with Gasteiger partial charge in [-0.1, -0.05) is 0 Å². The number of pyridine rings is 3. The summed E-state index contributed by atoms with van der Waals surface area (Å²) in [4.78, 5) is 23.8. The first-order valence-electron chi connectivity index (χ1n) is 7.09. The highest BCUT2D eigenvalue weighted by molar-refractivity contribution is 5.88. The molecular formula is C18H9N5O2. The third-order valence-electron chi connectivity index (χ3n) is 3.38. The molecule has 0 amide bonds. The Balaban J connectivity index is 2.16. The zero-order chi connectivity index (χ0) is 17.8. The molecule has 0 atom stereocenters. The third-order valence-corrected chi connectivity index (χ3v) is 3.38. The summed E-state index contributed by atoms with van der Waals surface area (Å²) < 4.78 is 0. The maximum Gasteiger partial charge on any atom is 0.335 e. The fourth-order valence-electron chi connectivity index (χ4n) is 2.20. The minimum absolute atomic E-state index is 0.0697. The van der Waals surface area contributed by atoms with Gasteiger partial charge in [0, 0.05) is 12.4 Å². The van der Waals surface area contributed by atoms with E-state index in [-0.39, 0.29) is 5.56 Å². The molecule has 0 saturated carbocycles. The Morgan fingerprint density at radius 3 is 2.00 bits per heavy atom. The molecule has 0 aliphatic heterocycles. The molecule has 0 radical (unpaired) electrons. The minimum atomic E-state index is -1.08. The van der Waals surface area contributed by atoms with Gasteiger partial charge in [-0.15, -0.1) is 0 Å². The van der Waals surface area contributed by atoms with E-state index in [9.17, 15) is 10.1 Å². The van der Waals surface area contributed by atoms with Crippen LogP contribution in [-0.2, 0) is 0 Å². The van der Waals surface area contributed by atoms with Crippen LogP contribution < -0.4 is 0 Å². The van der Waals surface area contributed by atoms with Crippen LogP contribution in [0.25, 0.3) is 22.8 Å². The quantitative estimate of drug-likeness (QED) is 0.784. The third kappa shape index (κ3) is 3.31. The Bertz CT molecular complexity index is 1060. The van der Waals surface area contributed by atoms with Gasteiger partial charge in [0.2, 0.25) is 0 Å². The van der Waals surface area contributed by atoms with Gasteiger partial charge in [-0.25, -0.2) is 9.78 Å². The first-order chi connectivity index (χ1) is 12.1. The smallest absolute Gasteiger partial charge is 0.335 e. The molecule has 1 N–H and O–H groups in total. The van der Waals surface area contributed by atoms with Gasteiger partial charge in [0.25, 0.3) is 0 Å². The number of aromatic nitrogens is 3. The summed E-state index contributed by atoms with van der Waals surface area (Å²) in [6.07, 6.45) is 2.85. The Kier molecular flexibility index (Phi) is 4.15. The van der Waals surface area contributed by atoms with Crippen LogP contribution in [0.15, 0.2) is 48.8 Å². The molecule has 3 aromatic rings. The normalized spacial score (nSPS) is 9.84. The number of carboxylic acid groups (broad SMARTS) is 1. The van der Waals surface area contributed by atoms with Crippen molar-refractivity contribution in [3.8, 4) is 34.9 Å². The van der Waals surface area contributed by atoms with E-state index in [1.165, 1.54) is 30.6 Å². The number of carboxylic acids is 1. The highest BCUT2D eigenvalue weighted by atomic mass is 16.4. The number of aromatic carboxylic acids is 1. The summed E-state index contributed by atoms with van der Waals surface area (Å²) in [5.74, 6) is -1.08. The van der Waals surface area contributed by atoms with Crippen molar-refractivity contribution in [2.45, 2.75) is 0 Å². The van der Waals surface area contributed by atoms with Crippen LogP contribution in [0.5, 0.6) is 0 Å². The Morgan fingerprint density at radius 1 is 0.840 bits per heavy atom. The SMILES string of the molecule is N#Cc1ccnc(-c2cc(C#N)cc(-c3cc(C(=O)O)ccn3)n2)c1. The Hall–Kier alpha value is -4.10. The van der Waals surface area contributed by atoms with Gasteiger partial charge in [0.15, 0.2) is 0 Å². The van der Waals surface area contributed by atoms with Crippen LogP contribution in [0, 0.1) is 22.7 Å². The minimum Gasteiger partial charge on any atom is -0.478 e. The largest absolute Gasteiger partial charge is 0.478 e. The first-order valence-corrected chi connectivity index (χ1v) is 7.09. The van der Waals surface area contributed by atoms with Gasteiger partial charge in [-0.3, -0.25) is 9.97 Å². The molecule has 7 nitrogen and oxygen atoms in total. The van der Waals surface area contributed by atoms with Crippen LogP contribution in [0.1, 0.15) is 21.5 Å². The van der Waals surface area contributed by atoms with Crippen LogP contribution in [0.4, 0.5) is 0 Å². The molecule has 3 aromatic heterocycles. The second-order valence-electron chi connectivity index (χ2n) is 5.01. The van der Waals surface area contributed by atoms with Crippen molar-refractivity contribution in [2.24, 2.45) is 0 Å². The van der Waals surface area contributed by atoms with Crippen molar-refractivity contribution < 1.29 is 9.90 Å². The number of hydrogen-bond acceptors (Lipinski definition) is 6. The molecule has 25 heavy (non-hydrogen) atoms. The molecule has 0 bridgehead atoms. The van der Waals surface area contributed by atoms with E-state index in [1.54, 1.807) is 18.2 Å². The van der Waals surface area contributed by atoms with Gasteiger partial charge in [-0.2, -0.15) is 10.5 Å². The van der Waals surface area contributed by atoms with Crippen molar-refractivity contribution in [3.05, 3.63) is 65.5 Å². The number of hydrogen-bond donors (Lipinski definition) is 1. The van der Waals surface area contributed by atoms with Gasteiger partial charge < -0.3 is 5.11 Å². The number of nitriles is 2. The molecular weight excluding hydrogens is 318 g/mol. The van der Waals surface area contributed by atoms with Crippen LogP contribution in [0.3, 0.4) is 0 Å². The second kappa shape index (κ2) is 6.57. The van der Waals surface area contributed by atoms with E-state index in [1.807, 2.05) is 12.1 Å². The summed E-state index contributed by atoms with van der Waals surface area (Å²) in [6.45, 7) is 0. The van der Waals surface area contributed by atoms with Gasteiger partial charge in [-0.05, 0) is 36.4 Å². The predicted molar refractivity (Wildman–Crippen MR) is 87.1 cm³/mol. The zero-order valence-electron chi connectivity index (χ0n) is 12.7. The molecule has 0 unspecified atom stereocenters. The average molecular weight is 327 g/mol. The van der Waals surface area contributed by atoms with E-state index in [2.05, 4.69) is 15.0 Å². The number of carbonyl (C=O) groups is 1. The molecule has 118 valence electrons. The lowest BCUT2D eigenvalue weighted by molar-refractivity contribution is 0.0697. The fraction of sp³-hybridized carbons (Fsp3) is 0. The van der Waals surface area contributed by atoms with Crippen LogP contribution in [0.2, 0.25) is 0 Å². The lowest BCUT2D eigenvalue weighted by Gasteiger charge is -2.06. The molecule has 7 heteroatoms. The van der Waals surface area contributed by atoms with E-state index >= 15 is 0 Å². The summed E-state index contributed by atoms with van der Waals surface area (Å²) >= 11 is 0. The molecule has 3 heterocycles. The van der Waals surface area contributed by atoms with E-state index < -0.39 is 5.97 Å². The zero-order valence-corrected chi connectivity index (χ0v) is 12.7. The van der Waals surface area contributed by atoms with Crippen molar-refractivity contribution in [2.75, 3.05) is 0 Å². The standard InChI is InChI=1S/C18H9N5O2/c19-9-11-1-3-21-14(5-11)16-6-12(10-20)7-17(23-16)15-8-13(18(24)25)2-4-22-15/h1-8H,(H,24,25). The average Bonchev–Trinajstić information content (AvgIpc) is 2.67. The van der Waals surface area contributed by atoms with Gasteiger partial charge in [0.05, 0.1) is 51.6 Å². The maximum atomic E-state index is 11.1. The molecule has 0 fully saturated rings. The molecule has 0 aliphatic rings. The lowest BCUT2D eigenvalue weighted by Crippen LogP contribution is -1.99. The Morgan fingerprint density at radius 2 is 1.40 bits per heavy atom. The fourth-order valence-corrected chi connectivity index (χ4v) is 2.20. The van der Waals surface area contributed by atoms with E-state index in [0.717, 1.165) is 0 Å². The monoisotopic (exact) mass is 327 g/mol. The maximum absolute atomic E-state index is 11.1. The van der Waals surface area contributed by atoms with Crippen LogP contribution in [-0.4, -0.2) is 26.0 Å². The molecule has 0 spiro atoms. The topological polar surface area (TPSA) is 124 Å². The molecule has 0 saturated heterocycles. The van der Waals surface area contributed by atoms with E-state index in [4.69, 9.17) is 10.4 Å².